The van der Waals surface area contributed by atoms with E-state index in [1.807, 2.05) is 18.2 Å². The van der Waals surface area contributed by atoms with Crippen molar-refractivity contribution in [3.8, 4) is 0 Å². The molecule has 3 nitrogen and oxygen atoms in total. The van der Waals surface area contributed by atoms with Crippen LogP contribution in [0, 0.1) is 0 Å². The van der Waals surface area contributed by atoms with Crippen molar-refractivity contribution in [1.82, 2.24) is 14.5 Å². The second kappa shape index (κ2) is 5.92. The zero-order valence-electron chi connectivity index (χ0n) is 11.6. The highest BCUT2D eigenvalue weighted by Crippen LogP contribution is 2.28. The first-order chi connectivity index (χ1) is 9.74. The molecule has 1 saturated carbocycles. The Labute approximate surface area is 129 Å². The number of benzene rings is 1. The van der Waals surface area contributed by atoms with Crippen LogP contribution in [0.4, 0.5) is 0 Å². The first-order valence-corrected chi connectivity index (χ1v) is 8.09. The Kier molecular flexibility index (Phi) is 4.20. The van der Waals surface area contributed by atoms with E-state index in [0.29, 0.717) is 5.88 Å². The highest BCUT2D eigenvalue weighted by Gasteiger charge is 2.27. The first-order valence-electron chi connectivity index (χ1n) is 7.18. The van der Waals surface area contributed by atoms with Crippen molar-refractivity contribution in [3.05, 3.63) is 29.0 Å². The largest absolute Gasteiger partial charge is 0.324 e. The summed E-state index contributed by atoms with van der Waals surface area (Å²) in [6.07, 6.45) is 2.67. The summed E-state index contributed by atoms with van der Waals surface area (Å²) >= 11 is 12.4. The fourth-order valence-electron chi connectivity index (χ4n) is 2.80. The molecule has 0 unspecified atom stereocenters. The number of halogens is 2. The van der Waals surface area contributed by atoms with Gasteiger partial charge in [-0.05, 0) is 31.5 Å². The molecule has 5 heteroatoms. The van der Waals surface area contributed by atoms with Gasteiger partial charge >= 0.3 is 0 Å². The molecular formula is C15H19Cl2N3. The van der Waals surface area contributed by atoms with Crippen LogP contribution >= 0.6 is 23.2 Å². The quantitative estimate of drug-likeness (QED) is 0.754. The van der Waals surface area contributed by atoms with Gasteiger partial charge in [-0.3, -0.25) is 4.90 Å². The summed E-state index contributed by atoms with van der Waals surface area (Å²) in [5.74, 6) is 1.32. The third-order valence-electron chi connectivity index (χ3n) is 4.00. The van der Waals surface area contributed by atoms with E-state index in [1.165, 1.54) is 12.8 Å². The normalized spacial score (nSPS) is 15.4. The summed E-state index contributed by atoms with van der Waals surface area (Å²) in [7, 11) is 0. The molecule has 0 atom stereocenters. The maximum Gasteiger partial charge on any atom is 0.124 e. The fourth-order valence-corrected chi connectivity index (χ4v) is 3.28. The van der Waals surface area contributed by atoms with Crippen LogP contribution in [-0.4, -0.2) is 33.6 Å². The van der Waals surface area contributed by atoms with Crippen LogP contribution in [0.15, 0.2) is 18.2 Å². The van der Waals surface area contributed by atoms with Gasteiger partial charge in [0.25, 0.3) is 0 Å². The number of rotatable bonds is 6. The lowest BCUT2D eigenvalue weighted by molar-refractivity contribution is 0.266. The average Bonchev–Trinajstić information content (AvgIpc) is 3.21. The molecule has 0 aliphatic heterocycles. The molecule has 108 valence electrons. The molecule has 3 rings (SSSR count). The number of aromatic nitrogens is 2. The van der Waals surface area contributed by atoms with Gasteiger partial charge in [-0.15, -0.1) is 11.6 Å². The molecule has 0 N–H and O–H groups in total. The average molecular weight is 312 g/mol. The van der Waals surface area contributed by atoms with Gasteiger partial charge < -0.3 is 4.57 Å². The Hall–Kier alpha value is -0.770. The van der Waals surface area contributed by atoms with Gasteiger partial charge in [-0.1, -0.05) is 24.6 Å². The minimum Gasteiger partial charge on any atom is -0.324 e. The Morgan fingerprint density at radius 3 is 2.85 bits per heavy atom. The summed E-state index contributed by atoms with van der Waals surface area (Å²) < 4.78 is 2.18. The monoisotopic (exact) mass is 311 g/mol. The van der Waals surface area contributed by atoms with Gasteiger partial charge in [-0.25, -0.2) is 4.98 Å². The molecular weight excluding hydrogens is 293 g/mol. The lowest BCUT2D eigenvalue weighted by Crippen LogP contribution is -2.29. The predicted molar refractivity (Wildman–Crippen MR) is 84.6 cm³/mol. The number of fused-ring (bicyclic) bond motifs is 1. The Morgan fingerprint density at radius 2 is 2.20 bits per heavy atom. The number of nitrogens with zero attached hydrogens (tertiary/aromatic N) is 3. The highest BCUT2D eigenvalue weighted by molar-refractivity contribution is 6.35. The third-order valence-corrected chi connectivity index (χ3v) is 4.54. The lowest BCUT2D eigenvalue weighted by atomic mass is 10.3. The van der Waals surface area contributed by atoms with Crippen molar-refractivity contribution in [3.63, 3.8) is 0 Å². The minimum atomic E-state index is 0.417. The number of imidazole rings is 1. The van der Waals surface area contributed by atoms with Gasteiger partial charge in [0.15, 0.2) is 0 Å². The van der Waals surface area contributed by atoms with E-state index < -0.39 is 0 Å². The van der Waals surface area contributed by atoms with Gasteiger partial charge in [-0.2, -0.15) is 0 Å². The SMILES string of the molecule is CCN(CCn1c(CCl)nc2cccc(Cl)c21)C1CC1. The van der Waals surface area contributed by atoms with Crippen LogP contribution in [0.3, 0.4) is 0 Å². The molecule has 0 saturated heterocycles. The van der Waals surface area contributed by atoms with Gasteiger partial charge in [0.1, 0.15) is 5.82 Å². The van der Waals surface area contributed by atoms with Crippen molar-refractivity contribution in [2.75, 3.05) is 13.1 Å². The second-order valence-corrected chi connectivity index (χ2v) is 5.96. The number of alkyl halides is 1. The van der Waals surface area contributed by atoms with Crippen LogP contribution in [0.5, 0.6) is 0 Å². The molecule has 1 aliphatic carbocycles. The van der Waals surface area contributed by atoms with Crippen molar-refractivity contribution < 1.29 is 0 Å². The summed E-state index contributed by atoms with van der Waals surface area (Å²) in [6, 6.07) is 6.62. The smallest absolute Gasteiger partial charge is 0.124 e. The molecule has 20 heavy (non-hydrogen) atoms. The van der Waals surface area contributed by atoms with E-state index >= 15 is 0 Å². The number of hydrogen-bond donors (Lipinski definition) is 0. The topological polar surface area (TPSA) is 21.1 Å². The van der Waals surface area contributed by atoms with E-state index in [0.717, 1.165) is 47.6 Å². The molecule has 0 radical (unpaired) electrons. The van der Waals surface area contributed by atoms with E-state index in [4.69, 9.17) is 23.2 Å². The fraction of sp³-hybridized carbons (Fsp3) is 0.533. The minimum absolute atomic E-state index is 0.417. The van der Waals surface area contributed by atoms with Crippen LogP contribution in [0.2, 0.25) is 5.02 Å². The molecule has 1 fully saturated rings. The molecule has 1 heterocycles. The maximum absolute atomic E-state index is 6.34. The second-order valence-electron chi connectivity index (χ2n) is 5.28. The molecule has 0 spiro atoms. The van der Waals surface area contributed by atoms with Gasteiger partial charge in [0.05, 0.1) is 21.9 Å². The molecule has 2 aromatic rings. The zero-order chi connectivity index (χ0) is 14.1. The molecule has 1 aromatic carbocycles. The first kappa shape index (κ1) is 14.2. The van der Waals surface area contributed by atoms with Crippen LogP contribution in [0.25, 0.3) is 11.0 Å². The molecule has 1 aromatic heterocycles. The number of para-hydroxylation sites is 1. The predicted octanol–water partition coefficient (Wildman–Crippen LogP) is 3.91. The van der Waals surface area contributed by atoms with E-state index in [2.05, 4.69) is 21.4 Å². The Bertz CT molecular complexity index is 604. The Morgan fingerprint density at radius 1 is 1.40 bits per heavy atom. The number of hydrogen-bond acceptors (Lipinski definition) is 2. The van der Waals surface area contributed by atoms with Crippen molar-refractivity contribution in [2.45, 2.75) is 38.2 Å². The van der Waals surface area contributed by atoms with Gasteiger partial charge in [0.2, 0.25) is 0 Å². The molecule has 0 amide bonds. The summed E-state index contributed by atoms with van der Waals surface area (Å²) in [4.78, 5) is 7.11. The van der Waals surface area contributed by atoms with Crippen LogP contribution in [-0.2, 0) is 12.4 Å². The van der Waals surface area contributed by atoms with Crippen LogP contribution in [0.1, 0.15) is 25.6 Å². The standard InChI is InChI=1S/C15H19Cl2N3/c1-2-19(11-6-7-11)8-9-20-14(10-16)18-13-5-3-4-12(17)15(13)20/h3-5,11H,2,6-10H2,1H3. The van der Waals surface area contributed by atoms with E-state index in [-0.39, 0.29) is 0 Å². The molecule has 0 bridgehead atoms. The van der Waals surface area contributed by atoms with Crippen LogP contribution < -0.4 is 0 Å². The summed E-state index contributed by atoms with van der Waals surface area (Å²) in [6.45, 7) is 5.25. The number of likely N-dealkylation sites (N-methyl/N-ethyl adjacent to an activating group) is 1. The van der Waals surface area contributed by atoms with Crippen molar-refractivity contribution >= 4 is 34.2 Å². The highest BCUT2D eigenvalue weighted by atomic mass is 35.5. The zero-order valence-corrected chi connectivity index (χ0v) is 13.2. The van der Waals surface area contributed by atoms with Crippen molar-refractivity contribution in [1.29, 1.82) is 0 Å². The Balaban J connectivity index is 1.88. The molecule has 1 aliphatic rings. The summed E-state index contributed by atoms with van der Waals surface area (Å²) in [5.41, 5.74) is 1.94. The van der Waals surface area contributed by atoms with E-state index in [9.17, 15) is 0 Å². The van der Waals surface area contributed by atoms with Crippen molar-refractivity contribution in [2.24, 2.45) is 0 Å². The summed E-state index contributed by atoms with van der Waals surface area (Å²) in [5, 5.41) is 0.751. The van der Waals surface area contributed by atoms with Gasteiger partial charge in [0, 0.05) is 19.1 Å². The third kappa shape index (κ3) is 2.67. The lowest BCUT2D eigenvalue weighted by Gasteiger charge is -2.20. The van der Waals surface area contributed by atoms with E-state index in [1.54, 1.807) is 0 Å². The maximum atomic E-state index is 6.34.